The first-order valence-corrected chi connectivity index (χ1v) is 9.91. The van der Waals surface area contributed by atoms with Gasteiger partial charge in [0.15, 0.2) is 11.5 Å². The second-order valence-electron chi connectivity index (χ2n) is 7.62. The van der Waals surface area contributed by atoms with Gasteiger partial charge in [0.05, 0.1) is 11.5 Å². The number of carboxylic acid groups (broad SMARTS) is 1. The Kier molecular flexibility index (Phi) is 5.26. The van der Waals surface area contributed by atoms with Gasteiger partial charge in [0.2, 0.25) is 0 Å². The van der Waals surface area contributed by atoms with Crippen molar-refractivity contribution in [3.8, 4) is 0 Å². The molecule has 0 spiro atoms. The maximum atomic E-state index is 13.0. The quantitative estimate of drug-likeness (QED) is 0.628. The minimum atomic E-state index is -1.25. The first kappa shape index (κ1) is 20.0. The van der Waals surface area contributed by atoms with Crippen molar-refractivity contribution in [3.05, 3.63) is 63.3 Å². The number of aryl methyl sites for hydroxylation is 1. The zero-order valence-corrected chi connectivity index (χ0v) is 16.9. The van der Waals surface area contributed by atoms with Crippen LogP contribution in [0, 0.1) is 13.8 Å². The number of Topliss-reactive ketones (excluding diaryl/α,β-unsaturated/α-hetero) is 1. The first-order valence-electron chi connectivity index (χ1n) is 9.91. The molecule has 8 nitrogen and oxygen atoms in total. The number of carbonyl (C=O) groups excluding carboxylic acids is 1. The Bertz CT molecular complexity index is 1200. The van der Waals surface area contributed by atoms with Crippen molar-refractivity contribution in [2.45, 2.75) is 45.9 Å². The lowest BCUT2D eigenvalue weighted by molar-refractivity contribution is 0.0688. The standard InChI is InChI=1S/C22H23N3O5/c1-13-10-18(14(2)24(13)11-15-6-5-9-30-15)19(26)12-25-21(27)17-8-4-3-7-16(17)20(23-25)22(28)29/h3-4,7-8,10,15H,5-6,9,11-12H2,1-2H3,(H,28,29). The molecular weight excluding hydrogens is 386 g/mol. The summed E-state index contributed by atoms with van der Waals surface area (Å²) in [6.45, 7) is 4.92. The van der Waals surface area contributed by atoms with Crippen molar-refractivity contribution < 1.29 is 19.4 Å². The van der Waals surface area contributed by atoms with Gasteiger partial charge in [0.1, 0.15) is 6.54 Å². The van der Waals surface area contributed by atoms with Crippen molar-refractivity contribution in [1.29, 1.82) is 0 Å². The van der Waals surface area contributed by atoms with E-state index in [1.54, 1.807) is 24.3 Å². The molecule has 30 heavy (non-hydrogen) atoms. The lowest BCUT2D eigenvalue weighted by Crippen LogP contribution is -2.29. The number of aromatic nitrogens is 3. The van der Waals surface area contributed by atoms with Gasteiger partial charge in [-0.3, -0.25) is 9.59 Å². The fourth-order valence-electron chi connectivity index (χ4n) is 4.08. The summed E-state index contributed by atoms with van der Waals surface area (Å²) in [5.74, 6) is -1.54. The van der Waals surface area contributed by atoms with Gasteiger partial charge >= 0.3 is 5.97 Å². The highest BCUT2D eigenvalue weighted by Crippen LogP contribution is 2.21. The summed E-state index contributed by atoms with van der Waals surface area (Å²) in [4.78, 5) is 37.4. The summed E-state index contributed by atoms with van der Waals surface area (Å²) < 4.78 is 8.71. The van der Waals surface area contributed by atoms with E-state index in [-0.39, 0.29) is 34.9 Å². The molecule has 1 N–H and O–H groups in total. The molecule has 0 aliphatic carbocycles. The highest BCUT2D eigenvalue weighted by atomic mass is 16.5. The van der Waals surface area contributed by atoms with E-state index in [1.807, 2.05) is 13.8 Å². The number of carbonyl (C=O) groups is 2. The predicted molar refractivity (Wildman–Crippen MR) is 110 cm³/mol. The van der Waals surface area contributed by atoms with Gasteiger partial charge in [-0.15, -0.1) is 0 Å². The second kappa shape index (κ2) is 7.87. The second-order valence-corrected chi connectivity index (χ2v) is 7.62. The van der Waals surface area contributed by atoms with Crippen molar-refractivity contribution in [2.24, 2.45) is 0 Å². The number of carboxylic acids is 1. The Morgan fingerprint density at radius 2 is 1.97 bits per heavy atom. The molecule has 1 aromatic carbocycles. The third-order valence-corrected chi connectivity index (χ3v) is 5.65. The lowest BCUT2D eigenvalue weighted by Gasteiger charge is -2.15. The molecule has 1 saturated heterocycles. The number of nitrogens with zero attached hydrogens (tertiary/aromatic N) is 3. The molecule has 3 heterocycles. The van der Waals surface area contributed by atoms with Crippen molar-refractivity contribution in [1.82, 2.24) is 14.3 Å². The summed E-state index contributed by atoms with van der Waals surface area (Å²) in [5, 5.41) is 13.9. The summed E-state index contributed by atoms with van der Waals surface area (Å²) >= 11 is 0. The maximum absolute atomic E-state index is 13.0. The molecule has 8 heteroatoms. The number of hydrogen-bond acceptors (Lipinski definition) is 5. The summed E-state index contributed by atoms with van der Waals surface area (Å²) in [7, 11) is 0. The maximum Gasteiger partial charge on any atom is 0.357 e. The van der Waals surface area contributed by atoms with Crippen LogP contribution in [-0.4, -0.2) is 43.9 Å². The van der Waals surface area contributed by atoms with Crippen LogP contribution < -0.4 is 5.56 Å². The molecule has 2 aromatic heterocycles. The van der Waals surface area contributed by atoms with Crippen LogP contribution >= 0.6 is 0 Å². The zero-order chi connectivity index (χ0) is 21.4. The number of ether oxygens (including phenoxy) is 1. The number of benzene rings is 1. The number of ketones is 1. The molecule has 0 radical (unpaired) electrons. The lowest BCUT2D eigenvalue weighted by atomic mass is 10.1. The van der Waals surface area contributed by atoms with Gasteiger partial charge in [-0.25, -0.2) is 9.48 Å². The van der Waals surface area contributed by atoms with Crippen LogP contribution in [0.1, 0.15) is 45.1 Å². The SMILES string of the molecule is Cc1cc(C(=O)Cn2nc(C(=O)O)c3ccccc3c2=O)c(C)n1CC1CCCO1. The third-order valence-electron chi connectivity index (χ3n) is 5.65. The van der Waals surface area contributed by atoms with Gasteiger partial charge in [0, 0.05) is 35.5 Å². The smallest absolute Gasteiger partial charge is 0.357 e. The van der Waals surface area contributed by atoms with E-state index in [4.69, 9.17) is 4.74 Å². The first-order chi connectivity index (χ1) is 14.4. The highest BCUT2D eigenvalue weighted by Gasteiger charge is 2.23. The van der Waals surface area contributed by atoms with Crippen LogP contribution in [0.4, 0.5) is 0 Å². The van der Waals surface area contributed by atoms with Crippen molar-refractivity contribution in [3.63, 3.8) is 0 Å². The number of fused-ring (bicyclic) bond motifs is 1. The topological polar surface area (TPSA) is 103 Å². The molecule has 1 fully saturated rings. The Balaban J connectivity index is 1.68. The van der Waals surface area contributed by atoms with E-state index < -0.39 is 11.5 Å². The van der Waals surface area contributed by atoms with E-state index in [9.17, 15) is 19.5 Å². The largest absolute Gasteiger partial charge is 0.476 e. The third kappa shape index (κ3) is 3.54. The van der Waals surface area contributed by atoms with Crippen LogP contribution in [0.2, 0.25) is 0 Å². The summed E-state index contributed by atoms with van der Waals surface area (Å²) in [5.41, 5.74) is 1.51. The van der Waals surface area contributed by atoms with Crippen molar-refractivity contribution in [2.75, 3.05) is 6.61 Å². The molecule has 4 rings (SSSR count). The fourth-order valence-corrected chi connectivity index (χ4v) is 4.08. The minimum Gasteiger partial charge on any atom is -0.476 e. The van der Waals surface area contributed by atoms with E-state index in [0.29, 0.717) is 12.1 Å². The minimum absolute atomic E-state index is 0.139. The van der Waals surface area contributed by atoms with Crippen LogP contribution in [-0.2, 0) is 17.8 Å². The normalized spacial score (nSPS) is 16.3. The van der Waals surface area contributed by atoms with Crippen LogP contribution in [0.15, 0.2) is 35.1 Å². The summed E-state index contributed by atoms with van der Waals surface area (Å²) in [6.07, 6.45) is 2.17. The number of hydrogen-bond donors (Lipinski definition) is 1. The number of rotatable bonds is 6. The average Bonchev–Trinajstić information content (AvgIpc) is 3.33. The molecule has 0 bridgehead atoms. The monoisotopic (exact) mass is 409 g/mol. The van der Waals surface area contributed by atoms with Gasteiger partial charge < -0.3 is 14.4 Å². The Hall–Kier alpha value is -3.26. The molecule has 1 atom stereocenters. The van der Waals surface area contributed by atoms with Crippen molar-refractivity contribution >= 4 is 22.5 Å². The Labute approximate surface area is 172 Å². The number of aromatic carboxylic acids is 1. The zero-order valence-electron chi connectivity index (χ0n) is 16.9. The Morgan fingerprint density at radius 1 is 1.23 bits per heavy atom. The van der Waals surface area contributed by atoms with Gasteiger partial charge in [0.25, 0.3) is 5.56 Å². The average molecular weight is 409 g/mol. The molecular formula is C22H23N3O5. The van der Waals surface area contributed by atoms with Crippen LogP contribution in [0.3, 0.4) is 0 Å². The molecule has 0 amide bonds. The predicted octanol–water partition coefficient (Wildman–Crippen LogP) is 2.57. The molecule has 3 aromatic rings. The molecule has 0 saturated carbocycles. The summed E-state index contributed by atoms with van der Waals surface area (Å²) in [6, 6.07) is 8.18. The van der Waals surface area contributed by atoms with E-state index in [0.717, 1.165) is 35.5 Å². The van der Waals surface area contributed by atoms with E-state index >= 15 is 0 Å². The molecule has 1 aliphatic heterocycles. The van der Waals surface area contributed by atoms with Gasteiger partial charge in [-0.05, 0) is 38.8 Å². The molecule has 1 unspecified atom stereocenters. The molecule has 156 valence electrons. The molecule has 1 aliphatic rings. The fraction of sp³-hybridized carbons (Fsp3) is 0.364. The highest BCUT2D eigenvalue weighted by molar-refractivity contribution is 6.01. The van der Waals surface area contributed by atoms with E-state index in [2.05, 4.69) is 9.67 Å². The Morgan fingerprint density at radius 3 is 2.63 bits per heavy atom. The van der Waals surface area contributed by atoms with Crippen LogP contribution in [0.5, 0.6) is 0 Å². The van der Waals surface area contributed by atoms with Gasteiger partial charge in [-0.1, -0.05) is 18.2 Å². The van der Waals surface area contributed by atoms with E-state index in [1.165, 1.54) is 6.07 Å². The van der Waals surface area contributed by atoms with Gasteiger partial charge in [-0.2, -0.15) is 5.10 Å². The van der Waals surface area contributed by atoms with Crippen LogP contribution in [0.25, 0.3) is 10.8 Å².